The second-order valence-corrected chi connectivity index (χ2v) is 14.4. The Labute approximate surface area is 93.4 Å². The average Bonchev–Trinajstić information content (AvgIpc) is 2.27. The van der Waals surface area contributed by atoms with Crippen molar-refractivity contribution in [3.8, 4) is 0 Å². The molecule has 82 valence electrons. The molecule has 0 saturated heterocycles. The summed E-state index contributed by atoms with van der Waals surface area (Å²) in [4.78, 5) is 4.49. The van der Waals surface area contributed by atoms with E-state index >= 15 is 0 Å². The van der Waals surface area contributed by atoms with E-state index in [-0.39, 0.29) is 0 Å². The molecule has 1 saturated carbocycles. The molecule has 0 heterocycles. The van der Waals surface area contributed by atoms with Crippen LogP contribution in [0.4, 0.5) is 0 Å². The second-order valence-electron chi connectivity index (χ2n) is 5.03. The summed E-state index contributed by atoms with van der Waals surface area (Å²) in [6, 6.07) is 0. The highest BCUT2D eigenvalue weighted by atomic mass is 32.4. The van der Waals surface area contributed by atoms with Gasteiger partial charge in [0, 0.05) is 18.0 Å². The van der Waals surface area contributed by atoms with E-state index in [0.29, 0.717) is 0 Å². The summed E-state index contributed by atoms with van der Waals surface area (Å²) in [5.74, 6) is 0. The van der Waals surface area contributed by atoms with Crippen molar-refractivity contribution in [1.82, 2.24) is 0 Å². The predicted octanol–water partition coefficient (Wildman–Crippen LogP) is 3.96. The monoisotopic (exact) mass is 229 g/mol. The van der Waals surface area contributed by atoms with Crippen LogP contribution in [0.3, 0.4) is 0 Å². The molecule has 1 rings (SSSR count). The highest BCUT2D eigenvalue weighted by molar-refractivity contribution is 8.29. The summed E-state index contributed by atoms with van der Waals surface area (Å²) >= 11 is 2.23. The normalized spacial score (nSPS) is 27.7. The second kappa shape index (κ2) is 5.36. The van der Waals surface area contributed by atoms with Gasteiger partial charge in [-0.2, -0.15) is 11.2 Å². The van der Waals surface area contributed by atoms with Crippen LogP contribution in [0.15, 0.2) is 4.99 Å². The number of rotatable bonds is 2. The summed E-state index contributed by atoms with van der Waals surface area (Å²) in [7, 11) is 0.981. The zero-order valence-electron chi connectivity index (χ0n) is 9.97. The highest BCUT2D eigenvalue weighted by Gasteiger charge is 2.25. The summed E-state index contributed by atoms with van der Waals surface area (Å²) in [6.07, 6.45) is 6.78. The Morgan fingerprint density at radius 2 is 1.93 bits per heavy atom. The number of nitrogens with zero attached hydrogens (tertiary/aromatic N) is 1. The van der Waals surface area contributed by atoms with E-state index in [0.717, 1.165) is 5.25 Å². The Morgan fingerprint density at radius 3 is 2.50 bits per heavy atom. The van der Waals surface area contributed by atoms with Gasteiger partial charge in [-0.05, 0) is 19.3 Å². The third kappa shape index (κ3) is 4.18. The van der Waals surface area contributed by atoms with E-state index < -0.39 is 7.22 Å². The topological polar surface area (TPSA) is 12.4 Å². The Balaban J connectivity index is 2.62. The van der Waals surface area contributed by atoms with E-state index in [2.05, 4.69) is 35.8 Å². The molecule has 1 fully saturated rings. The molecule has 0 amide bonds. The smallest absolute Gasteiger partial charge is 0.109 e. The van der Waals surface area contributed by atoms with Gasteiger partial charge in [0.05, 0.1) is 0 Å². The van der Waals surface area contributed by atoms with Crippen LogP contribution in [0, 0.1) is 0 Å². The lowest BCUT2D eigenvalue weighted by Crippen LogP contribution is -2.25. The molecule has 0 N–H and O–H groups in total. The quantitative estimate of drug-likeness (QED) is 0.516. The van der Waals surface area contributed by atoms with Gasteiger partial charge in [0.25, 0.3) is 0 Å². The van der Waals surface area contributed by atoms with E-state index in [1.165, 1.54) is 37.8 Å². The largest absolute Gasteiger partial charge is 0.296 e. The lowest BCUT2D eigenvalue weighted by molar-refractivity contribution is 0.706. The minimum absolute atomic E-state index is 0.745. The van der Waals surface area contributed by atoms with Crippen molar-refractivity contribution < 1.29 is 0 Å². The van der Waals surface area contributed by atoms with Crippen molar-refractivity contribution in [3.63, 3.8) is 0 Å². The number of hydrogen-bond acceptors (Lipinski definition) is 2. The summed E-state index contributed by atoms with van der Waals surface area (Å²) in [5.41, 5.74) is 1.48. The van der Waals surface area contributed by atoms with E-state index in [9.17, 15) is 0 Å². The van der Waals surface area contributed by atoms with Gasteiger partial charge in [-0.25, -0.2) is 0 Å². The maximum Gasteiger partial charge on any atom is 0.109 e. The fraction of sp³-hybridized carbons (Fsp3) is 0.909. The first-order valence-corrected chi connectivity index (χ1v) is 10.8. The van der Waals surface area contributed by atoms with Gasteiger partial charge in [-0.15, -0.1) is 0 Å². The molecule has 0 bridgehead atoms. The molecule has 1 atom stereocenters. The maximum absolute atomic E-state index is 4.49. The van der Waals surface area contributed by atoms with E-state index in [1.54, 1.807) is 0 Å². The zero-order valence-corrected chi connectivity index (χ0v) is 11.8. The Bertz CT molecular complexity index is 208. The number of aliphatic imine (C=N–C) groups is 1. The minimum Gasteiger partial charge on any atom is -0.296 e. The third-order valence-corrected chi connectivity index (χ3v) is 7.03. The van der Waals surface area contributed by atoms with Crippen LogP contribution >= 0.6 is 11.2 Å². The van der Waals surface area contributed by atoms with Gasteiger partial charge in [-0.1, -0.05) is 32.5 Å². The van der Waals surface area contributed by atoms with Gasteiger partial charge in [0.15, 0.2) is 0 Å². The Kier molecular flexibility index (Phi) is 4.71. The lowest BCUT2D eigenvalue weighted by Gasteiger charge is -2.24. The molecule has 0 aliphatic heterocycles. The molecule has 1 aliphatic carbocycles. The molecule has 0 aromatic carbocycles. The van der Waals surface area contributed by atoms with Crippen molar-refractivity contribution >= 4 is 24.1 Å². The molecule has 0 spiro atoms. The van der Waals surface area contributed by atoms with Crippen LogP contribution in [0.25, 0.3) is 0 Å². The molecule has 0 aromatic heterocycles. The molecule has 1 aliphatic rings. The van der Waals surface area contributed by atoms with Crippen LogP contribution < -0.4 is 0 Å². The molecule has 1 unspecified atom stereocenters. The highest BCUT2D eigenvalue weighted by Crippen LogP contribution is 2.32. The van der Waals surface area contributed by atoms with Crippen LogP contribution in [0.2, 0.25) is 19.6 Å². The van der Waals surface area contributed by atoms with Gasteiger partial charge in [0.1, 0.15) is 7.22 Å². The molecule has 0 radical (unpaired) electrons. The molecule has 1 nitrogen and oxygen atoms in total. The van der Waals surface area contributed by atoms with Crippen molar-refractivity contribution in [2.24, 2.45) is 4.99 Å². The van der Waals surface area contributed by atoms with Gasteiger partial charge in [-0.3, -0.25) is 4.99 Å². The van der Waals surface area contributed by atoms with Crippen LogP contribution in [-0.4, -0.2) is 25.2 Å². The van der Waals surface area contributed by atoms with Crippen molar-refractivity contribution in [3.05, 3.63) is 0 Å². The van der Waals surface area contributed by atoms with Crippen LogP contribution in [0.5, 0.6) is 0 Å². The predicted molar refractivity (Wildman–Crippen MR) is 71.2 cm³/mol. The third-order valence-electron chi connectivity index (χ3n) is 2.55. The maximum atomic E-state index is 4.49. The van der Waals surface area contributed by atoms with E-state index in [1.807, 2.05) is 7.05 Å². The fourth-order valence-corrected chi connectivity index (χ4v) is 6.77. The first kappa shape index (κ1) is 12.3. The summed E-state index contributed by atoms with van der Waals surface area (Å²) in [6.45, 7) is 7.32. The summed E-state index contributed by atoms with van der Waals surface area (Å²) in [5, 5.41) is 0.745. The van der Waals surface area contributed by atoms with E-state index in [4.69, 9.17) is 0 Å². The van der Waals surface area contributed by atoms with Gasteiger partial charge in [0.2, 0.25) is 0 Å². The van der Waals surface area contributed by atoms with Gasteiger partial charge < -0.3 is 0 Å². The SMILES string of the molecule is C/N=C1\CCCCCC1S[Si](C)(C)C. The molecular weight excluding hydrogens is 206 g/mol. The molecular formula is C11H23NSSi. The van der Waals surface area contributed by atoms with Crippen LogP contribution in [0.1, 0.15) is 32.1 Å². The Hall–Kier alpha value is 0.237. The fourth-order valence-electron chi connectivity index (χ4n) is 1.95. The van der Waals surface area contributed by atoms with Crippen molar-refractivity contribution in [2.45, 2.75) is 57.0 Å². The average molecular weight is 229 g/mol. The van der Waals surface area contributed by atoms with Gasteiger partial charge >= 0.3 is 0 Å². The standard InChI is InChI=1S/C11H23NSSi/c1-12-10-8-6-5-7-9-11(10)13-14(2,3)4/h11H,5-9H2,1-4H3/b12-10+. The first-order valence-electron chi connectivity index (χ1n) is 5.66. The molecule has 3 heteroatoms. The van der Waals surface area contributed by atoms with Crippen molar-refractivity contribution in [1.29, 1.82) is 0 Å². The molecule has 14 heavy (non-hydrogen) atoms. The lowest BCUT2D eigenvalue weighted by atomic mass is 10.2. The first-order chi connectivity index (χ1) is 6.53. The Morgan fingerprint density at radius 1 is 1.21 bits per heavy atom. The van der Waals surface area contributed by atoms with Crippen molar-refractivity contribution in [2.75, 3.05) is 7.05 Å². The number of hydrogen-bond donors (Lipinski definition) is 0. The zero-order chi connectivity index (χ0) is 10.6. The van der Waals surface area contributed by atoms with Crippen LogP contribution in [-0.2, 0) is 0 Å². The minimum atomic E-state index is -0.989. The molecule has 0 aromatic rings. The summed E-state index contributed by atoms with van der Waals surface area (Å²) < 4.78 is 0.